The first kappa shape index (κ1) is 11.0. The molecule has 1 rings (SSSR count). The van der Waals surface area contributed by atoms with Crippen LogP contribution in [0, 0.1) is 0 Å². The zero-order chi connectivity index (χ0) is 11.3. The van der Waals surface area contributed by atoms with E-state index in [0.717, 1.165) is 5.82 Å². The summed E-state index contributed by atoms with van der Waals surface area (Å²) in [5, 5.41) is 0. The first-order chi connectivity index (χ1) is 7.09. The van der Waals surface area contributed by atoms with E-state index >= 15 is 0 Å². The summed E-state index contributed by atoms with van der Waals surface area (Å²) in [6.45, 7) is 0.507. The summed E-state index contributed by atoms with van der Waals surface area (Å²) in [5.74, 6) is 0.939. The Kier molecular flexibility index (Phi) is 3.67. The fourth-order valence-electron chi connectivity index (χ4n) is 1.08. The fourth-order valence-corrected chi connectivity index (χ4v) is 1.08. The molecule has 7 nitrogen and oxygen atoms in total. The zero-order valence-corrected chi connectivity index (χ0v) is 8.59. The fraction of sp³-hybridized carbons (Fsp3) is 0.375. The Morgan fingerprint density at radius 1 is 1.47 bits per heavy atom. The van der Waals surface area contributed by atoms with Gasteiger partial charge >= 0.3 is 0 Å². The van der Waals surface area contributed by atoms with Crippen molar-refractivity contribution in [2.45, 2.75) is 6.42 Å². The average molecular weight is 209 g/mol. The highest BCUT2D eigenvalue weighted by atomic mass is 15.1. The molecule has 0 radical (unpaired) electrons. The quantitative estimate of drug-likeness (QED) is 0.416. The Labute approximate surface area is 87.7 Å². The average Bonchev–Trinajstić information content (AvgIpc) is 2.50. The number of aromatic nitrogens is 2. The number of rotatable bonds is 3. The third-order valence-electron chi connectivity index (χ3n) is 1.77. The van der Waals surface area contributed by atoms with Crippen molar-refractivity contribution in [2.75, 3.05) is 6.54 Å². The van der Waals surface area contributed by atoms with Crippen molar-refractivity contribution in [3.63, 3.8) is 0 Å². The van der Waals surface area contributed by atoms with Crippen LogP contribution in [0.1, 0.15) is 5.82 Å². The second kappa shape index (κ2) is 4.99. The summed E-state index contributed by atoms with van der Waals surface area (Å²) in [6, 6.07) is 0. The van der Waals surface area contributed by atoms with Crippen LogP contribution in [0.2, 0.25) is 0 Å². The number of aryl methyl sites for hydroxylation is 1. The summed E-state index contributed by atoms with van der Waals surface area (Å²) >= 11 is 0. The van der Waals surface area contributed by atoms with Crippen molar-refractivity contribution in [3.05, 3.63) is 18.2 Å². The molecule has 1 heterocycles. The van der Waals surface area contributed by atoms with E-state index in [-0.39, 0.29) is 11.9 Å². The molecule has 0 aliphatic carbocycles. The van der Waals surface area contributed by atoms with E-state index in [1.165, 1.54) is 0 Å². The lowest BCUT2D eigenvalue weighted by molar-refractivity contribution is 0.777. The number of nitrogens with zero attached hydrogens (tertiary/aromatic N) is 4. The highest BCUT2D eigenvalue weighted by Crippen LogP contribution is 1.95. The molecule has 0 saturated carbocycles. The second-order valence-electron chi connectivity index (χ2n) is 2.98. The Bertz CT molecular complexity index is 372. The molecule has 0 saturated heterocycles. The van der Waals surface area contributed by atoms with Gasteiger partial charge in [-0.3, -0.25) is 4.99 Å². The number of imidazole rings is 1. The van der Waals surface area contributed by atoms with E-state index in [9.17, 15) is 0 Å². The minimum absolute atomic E-state index is 0.0872. The molecule has 15 heavy (non-hydrogen) atoms. The predicted octanol–water partition coefficient (Wildman–Crippen LogP) is -1.45. The van der Waals surface area contributed by atoms with Crippen LogP contribution in [0.25, 0.3) is 0 Å². The first-order valence-electron chi connectivity index (χ1n) is 4.45. The maximum absolute atomic E-state index is 5.43. The van der Waals surface area contributed by atoms with Gasteiger partial charge in [0.05, 0.1) is 0 Å². The van der Waals surface area contributed by atoms with Crippen LogP contribution < -0.4 is 17.2 Å². The molecule has 82 valence electrons. The van der Waals surface area contributed by atoms with E-state index in [1.54, 1.807) is 6.20 Å². The zero-order valence-electron chi connectivity index (χ0n) is 8.59. The number of nitrogens with two attached hydrogens (primary N) is 3. The van der Waals surface area contributed by atoms with Crippen molar-refractivity contribution in [1.29, 1.82) is 0 Å². The van der Waals surface area contributed by atoms with E-state index in [1.807, 2.05) is 17.8 Å². The Morgan fingerprint density at radius 3 is 2.73 bits per heavy atom. The van der Waals surface area contributed by atoms with Gasteiger partial charge in [-0.1, -0.05) is 0 Å². The molecule has 1 aromatic heterocycles. The van der Waals surface area contributed by atoms with Crippen LogP contribution in [0.5, 0.6) is 0 Å². The van der Waals surface area contributed by atoms with Crippen LogP contribution in [0.3, 0.4) is 0 Å². The van der Waals surface area contributed by atoms with Crippen molar-refractivity contribution in [3.8, 4) is 0 Å². The van der Waals surface area contributed by atoms with Gasteiger partial charge in [0.2, 0.25) is 5.96 Å². The van der Waals surface area contributed by atoms with Gasteiger partial charge in [0.15, 0.2) is 5.96 Å². The predicted molar refractivity (Wildman–Crippen MR) is 59.2 cm³/mol. The minimum Gasteiger partial charge on any atom is -0.370 e. The Balaban J connectivity index is 2.46. The normalized spacial score (nSPS) is 11.4. The SMILES string of the molecule is Cn1ccnc1CCN=C(N)N=C(N)N. The minimum atomic E-state index is -0.0896. The maximum Gasteiger partial charge on any atom is 0.218 e. The standard InChI is InChI=1S/C8H15N7/c1-15-5-4-12-6(15)2-3-13-8(11)14-7(9)10/h4-5H,2-3H2,1H3,(H6,9,10,11,13,14). The smallest absolute Gasteiger partial charge is 0.218 e. The van der Waals surface area contributed by atoms with Gasteiger partial charge in [-0.2, -0.15) is 4.99 Å². The lowest BCUT2D eigenvalue weighted by Gasteiger charge is -1.98. The van der Waals surface area contributed by atoms with Crippen molar-refractivity contribution in [2.24, 2.45) is 34.2 Å². The van der Waals surface area contributed by atoms with Crippen molar-refractivity contribution < 1.29 is 0 Å². The third kappa shape index (κ3) is 3.67. The molecule has 0 aromatic carbocycles. The summed E-state index contributed by atoms with van der Waals surface area (Å²) in [5.41, 5.74) is 15.7. The van der Waals surface area contributed by atoms with Crippen molar-refractivity contribution >= 4 is 11.9 Å². The molecule has 0 atom stereocenters. The highest BCUT2D eigenvalue weighted by Gasteiger charge is 1.97. The first-order valence-corrected chi connectivity index (χ1v) is 4.45. The Morgan fingerprint density at radius 2 is 2.20 bits per heavy atom. The molecular formula is C8H15N7. The molecule has 6 N–H and O–H groups in total. The van der Waals surface area contributed by atoms with Gasteiger partial charge in [-0.15, -0.1) is 0 Å². The summed E-state index contributed by atoms with van der Waals surface area (Å²) < 4.78 is 1.92. The van der Waals surface area contributed by atoms with E-state index in [2.05, 4.69) is 15.0 Å². The molecule has 0 unspecified atom stereocenters. The second-order valence-corrected chi connectivity index (χ2v) is 2.98. The number of guanidine groups is 2. The topological polar surface area (TPSA) is 121 Å². The molecule has 0 spiro atoms. The number of hydrogen-bond donors (Lipinski definition) is 3. The van der Waals surface area contributed by atoms with Crippen LogP contribution in [0.15, 0.2) is 22.4 Å². The van der Waals surface area contributed by atoms with E-state index in [4.69, 9.17) is 17.2 Å². The van der Waals surface area contributed by atoms with Gasteiger partial charge in [0.1, 0.15) is 5.82 Å². The van der Waals surface area contributed by atoms with Gasteiger partial charge in [0, 0.05) is 32.4 Å². The molecule has 0 aliphatic heterocycles. The van der Waals surface area contributed by atoms with Crippen LogP contribution >= 0.6 is 0 Å². The van der Waals surface area contributed by atoms with Gasteiger partial charge in [-0.25, -0.2) is 4.98 Å². The van der Waals surface area contributed by atoms with Crippen LogP contribution in [0.4, 0.5) is 0 Å². The lowest BCUT2D eigenvalue weighted by atomic mass is 10.4. The molecular weight excluding hydrogens is 194 g/mol. The molecule has 7 heteroatoms. The summed E-state index contributed by atoms with van der Waals surface area (Å²) in [7, 11) is 1.92. The monoisotopic (exact) mass is 209 g/mol. The van der Waals surface area contributed by atoms with Gasteiger partial charge < -0.3 is 21.8 Å². The van der Waals surface area contributed by atoms with Crippen LogP contribution in [-0.2, 0) is 13.5 Å². The molecule has 0 bridgehead atoms. The number of hydrogen-bond acceptors (Lipinski definition) is 2. The molecule has 0 amide bonds. The summed E-state index contributed by atoms with van der Waals surface area (Å²) in [4.78, 5) is 11.7. The number of aliphatic imine (C=N–C) groups is 2. The summed E-state index contributed by atoms with van der Waals surface area (Å²) in [6.07, 6.45) is 4.31. The van der Waals surface area contributed by atoms with Gasteiger partial charge in [-0.05, 0) is 0 Å². The maximum atomic E-state index is 5.43. The largest absolute Gasteiger partial charge is 0.370 e. The molecule has 1 aromatic rings. The third-order valence-corrected chi connectivity index (χ3v) is 1.77. The Hall–Kier alpha value is -2.05. The molecule has 0 fully saturated rings. The van der Waals surface area contributed by atoms with E-state index in [0.29, 0.717) is 13.0 Å². The van der Waals surface area contributed by atoms with E-state index < -0.39 is 0 Å². The molecule has 0 aliphatic rings. The highest BCUT2D eigenvalue weighted by molar-refractivity contribution is 5.92. The van der Waals surface area contributed by atoms with Crippen molar-refractivity contribution in [1.82, 2.24) is 9.55 Å². The van der Waals surface area contributed by atoms with Crippen LogP contribution in [-0.4, -0.2) is 28.0 Å². The lowest BCUT2D eigenvalue weighted by Crippen LogP contribution is -2.26. The van der Waals surface area contributed by atoms with Gasteiger partial charge in [0.25, 0.3) is 0 Å².